The predicted molar refractivity (Wildman–Crippen MR) is 137 cm³/mol. The molecule has 2 amide bonds. The first-order valence-corrected chi connectivity index (χ1v) is 12.3. The number of carbonyl (C=O) groups is 4. The van der Waals surface area contributed by atoms with E-state index in [1.807, 2.05) is 4.57 Å². The summed E-state index contributed by atoms with van der Waals surface area (Å²) in [5.74, 6) is -1.15. The number of hydrogen-bond acceptors (Lipinski definition) is 8. The smallest absolute Gasteiger partial charge is 0.259 e. The first-order chi connectivity index (χ1) is 18.9. The number of ether oxygens (including phenoxy) is 2. The van der Waals surface area contributed by atoms with Gasteiger partial charge >= 0.3 is 0 Å². The van der Waals surface area contributed by atoms with Crippen LogP contribution in [0.25, 0.3) is 43.6 Å². The molecule has 3 aromatic carbocycles. The van der Waals surface area contributed by atoms with E-state index in [2.05, 4.69) is 5.32 Å². The first-order valence-electron chi connectivity index (χ1n) is 12.3. The van der Waals surface area contributed by atoms with Crippen molar-refractivity contribution >= 4 is 68.0 Å². The number of carbonyl (C=O) groups excluding carboxylic acids is 4. The molecule has 3 aliphatic rings. The molecule has 5 atom stereocenters. The highest BCUT2D eigenvalue weighted by Crippen LogP contribution is 2.54. The van der Waals surface area contributed by atoms with Gasteiger partial charge in [0.05, 0.1) is 27.7 Å². The first kappa shape index (κ1) is 22.6. The van der Waals surface area contributed by atoms with Crippen molar-refractivity contribution in [2.45, 2.75) is 30.8 Å². The molecule has 39 heavy (non-hydrogen) atoms. The third-order valence-corrected chi connectivity index (χ3v) is 8.35. The molecule has 0 saturated carbocycles. The fraction of sp³-hybridized carbons (Fsp3) is 0.214. The average molecular weight is 525 g/mol. The van der Waals surface area contributed by atoms with E-state index in [1.54, 1.807) is 41.0 Å². The number of benzene rings is 3. The van der Waals surface area contributed by atoms with E-state index in [0.717, 1.165) is 0 Å². The number of rotatable bonds is 3. The zero-order valence-corrected chi connectivity index (χ0v) is 20.2. The molecule has 11 nitrogen and oxygen atoms in total. The molecule has 1 saturated heterocycles. The molecule has 0 bridgehead atoms. The van der Waals surface area contributed by atoms with Gasteiger partial charge in [-0.1, -0.05) is 0 Å². The number of aldehydes is 2. The number of nitrogens with zero attached hydrogens (tertiary/aromatic N) is 2. The van der Waals surface area contributed by atoms with Gasteiger partial charge in [-0.15, -0.1) is 0 Å². The molecule has 5 unspecified atom stereocenters. The van der Waals surface area contributed by atoms with Gasteiger partial charge in [-0.05, 0) is 36.4 Å². The Hall–Kier alpha value is -4.42. The summed E-state index contributed by atoms with van der Waals surface area (Å²) in [6.45, 7) is 0. The van der Waals surface area contributed by atoms with Crippen molar-refractivity contribution in [1.29, 1.82) is 0 Å². The fourth-order valence-corrected chi connectivity index (χ4v) is 6.87. The van der Waals surface area contributed by atoms with Gasteiger partial charge in [-0.3, -0.25) is 24.5 Å². The SMILES string of the molecule is COC1C(O)OC2C(C1O)n1c3ccc(C=O)cc3c3c4c(c5c6cc(C=O)ccc6n2c5c31)C(=O)NC4=O. The van der Waals surface area contributed by atoms with E-state index < -0.39 is 42.6 Å². The number of aliphatic hydroxyl groups excluding tert-OH is 2. The number of aromatic nitrogens is 2. The van der Waals surface area contributed by atoms with Gasteiger partial charge in [-0.2, -0.15) is 0 Å². The number of nitrogens with one attached hydrogen (secondary N) is 1. The summed E-state index contributed by atoms with van der Waals surface area (Å²) in [5, 5.41) is 26.8. The monoisotopic (exact) mass is 525 g/mol. The Balaban J connectivity index is 1.69. The maximum Gasteiger partial charge on any atom is 0.259 e. The minimum atomic E-state index is -1.46. The molecule has 1 fully saturated rings. The summed E-state index contributed by atoms with van der Waals surface area (Å²) in [6.07, 6.45) is -3.34. The zero-order valence-electron chi connectivity index (χ0n) is 20.2. The van der Waals surface area contributed by atoms with Crippen molar-refractivity contribution in [3.8, 4) is 0 Å². The van der Waals surface area contributed by atoms with Crippen molar-refractivity contribution in [2.75, 3.05) is 7.11 Å². The summed E-state index contributed by atoms with van der Waals surface area (Å²) in [6, 6.07) is 9.19. The molecule has 5 heterocycles. The number of imide groups is 1. The third-order valence-electron chi connectivity index (χ3n) is 8.35. The van der Waals surface area contributed by atoms with Crippen molar-refractivity contribution in [2.24, 2.45) is 0 Å². The van der Waals surface area contributed by atoms with Gasteiger partial charge in [0, 0.05) is 45.3 Å². The standard InChI is InChI=1S/C28H19N3O8/c1-38-24-23(34)22-27(39-28(24)37)31-15-5-3-11(9-33)7-13(15)17-19-18(25(35)29-26(19)36)16-12-6-10(8-32)2-4-14(12)30(22)20(16)21(17)31/h2-9,22-24,27-28,34,37H,1H3,(H,29,35,36). The molecule has 8 rings (SSSR count). The Morgan fingerprint density at radius 1 is 0.872 bits per heavy atom. The van der Waals surface area contributed by atoms with Crippen LogP contribution in [0.2, 0.25) is 0 Å². The van der Waals surface area contributed by atoms with Crippen molar-refractivity contribution in [3.63, 3.8) is 0 Å². The number of amides is 2. The lowest BCUT2D eigenvalue weighted by Gasteiger charge is -2.46. The quantitative estimate of drug-likeness (QED) is 0.240. The van der Waals surface area contributed by atoms with Crippen LogP contribution in [0.4, 0.5) is 0 Å². The zero-order chi connectivity index (χ0) is 26.9. The lowest BCUT2D eigenvalue weighted by atomic mass is 9.94. The van der Waals surface area contributed by atoms with Crippen LogP contribution in [0.15, 0.2) is 36.4 Å². The van der Waals surface area contributed by atoms with Gasteiger partial charge in [0.2, 0.25) is 0 Å². The summed E-state index contributed by atoms with van der Waals surface area (Å²) in [7, 11) is 1.37. The van der Waals surface area contributed by atoms with Gasteiger partial charge in [0.1, 0.15) is 30.8 Å². The van der Waals surface area contributed by atoms with Crippen LogP contribution in [0.3, 0.4) is 0 Å². The van der Waals surface area contributed by atoms with E-state index in [0.29, 0.717) is 67.3 Å². The van der Waals surface area contributed by atoms with Crippen molar-refractivity contribution < 1.29 is 38.9 Å². The number of aliphatic hydroxyl groups is 2. The molecule has 11 heteroatoms. The minimum Gasteiger partial charge on any atom is -0.388 e. The molecule has 0 spiro atoms. The van der Waals surface area contributed by atoms with Crippen LogP contribution in [-0.2, 0) is 9.47 Å². The normalized spacial score (nSPS) is 25.6. The van der Waals surface area contributed by atoms with E-state index in [4.69, 9.17) is 9.47 Å². The van der Waals surface area contributed by atoms with Crippen LogP contribution in [-0.4, -0.2) is 69.3 Å². The van der Waals surface area contributed by atoms with Crippen molar-refractivity contribution in [3.05, 3.63) is 58.7 Å². The van der Waals surface area contributed by atoms with Gasteiger partial charge in [0.25, 0.3) is 11.8 Å². The second-order valence-corrected chi connectivity index (χ2v) is 10.1. The van der Waals surface area contributed by atoms with Crippen LogP contribution < -0.4 is 5.32 Å². The summed E-state index contributed by atoms with van der Waals surface area (Å²) < 4.78 is 15.2. The number of fused-ring (bicyclic) bond motifs is 12. The molecule has 0 radical (unpaired) electrons. The maximum absolute atomic E-state index is 13.3. The van der Waals surface area contributed by atoms with E-state index in [-0.39, 0.29) is 11.1 Å². The maximum atomic E-state index is 13.3. The molecule has 3 aliphatic heterocycles. The highest BCUT2D eigenvalue weighted by atomic mass is 16.7. The Labute approximate surface area is 218 Å². The van der Waals surface area contributed by atoms with E-state index >= 15 is 0 Å². The second kappa shape index (κ2) is 7.36. The molecule has 0 aliphatic carbocycles. The van der Waals surface area contributed by atoms with Crippen molar-refractivity contribution in [1.82, 2.24) is 14.5 Å². The molecular formula is C28H19N3O8. The Morgan fingerprint density at radius 3 is 1.95 bits per heavy atom. The van der Waals surface area contributed by atoms with Crippen LogP contribution in [0.5, 0.6) is 0 Å². The predicted octanol–water partition coefficient (Wildman–Crippen LogP) is 2.19. The Bertz CT molecular complexity index is 2000. The van der Waals surface area contributed by atoms with Crippen LogP contribution >= 0.6 is 0 Å². The molecule has 194 valence electrons. The molecule has 5 aromatic rings. The summed E-state index contributed by atoms with van der Waals surface area (Å²) >= 11 is 0. The lowest BCUT2D eigenvalue weighted by molar-refractivity contribution is -0.287. The Kier molecular flexibility index (Phi) is 4.26. The number of hydrogen-bond donors (Lipinski definition) is 3. The average Bonchev–Trinajstić information content (AvgIpc) is 3.55. The van der Waals surface area contributed by atoms with Gasteiger partial charge < -0.3 is 28.8 Å². The van der Waals surface area contributed by atoms with Gasteiger partial charge in [0.15, 0.2) is 12.5 Å². The molecule has 3 N–H and O–H groups in total. The highest BCUT2D eigenvalue weighted by molar-refractivity contribution is 6.39. The Morgan fingerprint density at radius 2 is 1.41 bits per heavy atom. The third kappa shape index (κ3) is 2.51. The lowest BCUT2D eigenvalue weighted by Crippen LogP contribution is -2.54. The fourth-order valence-electron chi connectivity index (χ4n) is 6.87. The summed E-state index contributed by atoms with van der Waals surface area (Å²) in [4.78, 5) is 50.1. The largest absolute Gasteiger partial charge is 0.388 e. The van der Waals surface area contributed by atoms with Crippen LogP contribution in [0.1, 0.15) is 53.7 Å². The second-order valence-electron chi connectivity index (χ2n) is 10.1. The van der Waals surface area contributed by atoms with Gasteiger partial charge in [-0.25, -0.2) is 0 Å². The summed E-state index contributed by atoms with van der Waals surface area (Å²) in [5.41, 5.74) is 3.37. The topological polar surface area (TPSA) is 149 Å². The number of methoxy groups -OCH3 is 1. The van der Waals surface area contributed by atoms with E-state index in [1.165, 1.54) is 7.11 Å². The minimum absolute atomic E-state index is 0.162. The molecular weight excluding hydrogens is 506 g/mol. The van der Waals surface area contributed by atoms with Crippen LogP contribution in [0, 0.1) is 0 Å². The van der Waals surface area contributed by atoms with E-state index in [9.17, 15) is 29.4 Å². The highest BCUT2D eigenvalue weighted by Gasteiger charge is 2.51. The molecule has 2 aromatic heterocycles.